The first-order valence-electron chi connectivity index (χ1n) is 19.0. The number of nitrogens with zero attached hydrogens (tertiary/aromatic N) is 4. The first-order chi connectivity index (χ1) is 25.0. The second-order valence-electron chi connectivity index (χ2n) is 16.0. The van der Waals surface area contributed by atoms with Crippen molar-refractivity contribution in [3.05, 3.63) is 132 Å². The first-order valence-corrected chi connectivity index (χ1v) is 19.0. The minimum absolute atomic E-state index is 0.316. The van der Waals surface area contributed by atoms with Crippen LogP contribution in [0, 0.1) is 17.8 Å². The van der Waals surface area contributed by atoms with Crippen LogP contribution >= 0.6 is 0 Å². The molecule has 0 aliphatic rings. The van der Waals surface area contributed by atoms with Crippen molar-refractivity contribution in [2.75, 3.05) is 0 Å². The van der Waals surface area contributed by atoms with E-state index in [0.29, 0.717) is 23.7 Å². The number of hydrogen-bond acceptors (Lipinski definition) is 3. The summed E-state index contributed by atoms with van der Waals surface area (Å²) in [5.41, 5.74) is 11.0. The molecule has 0 atom stereocenters. The predicted molar refractivity (Wildman–Crippen MR) is 217 cm³/mol. The molecule has 3 heterocycles. The molecule has 5 heteroatoms. The molecule has 0 aliphatic carbocycles. The summed E-state index contributed by atoms with van der Waals surface area (Å²) in [6.45, 7) is 18.1. The number of benzene rings is 4. The lowest BCUT2D eigenvalue weighted by atomic mass is 9.88. The highest BCUT2D eigenvalue weighted by atomic mass is 16.5. The van der Waals surface area contributed by atoms with Gasteiger partial charge in [-0.2, -0.15) is 5.10 Å². The summed E-state index contributed by atoms with van der Waals surface area (Å²) in [5, 5.41) is 7.31. The van der Waals surface area contributed by atoms with Gasteiger partial charge in [0.15, 0.2) is 0 Å². The van der Waals surface area contributed by atoms with E-state index in [4.69, 9.17) is 14.8 Å². The van der Waals surface area contributed by atoms with Gasteiger partial charge >= 0.3 is 0 Å². The van der Waals surface area contributed by atoms with E-state index in [0.717, 1.165) is 58.9 Å². The fourth-order valence-electron chi connectivity index (χ4n) is 7.55. The van der Waals surface area contributed by atoms with E-state index in [1.807, 2.05) is 17.1 Å². The van der Waals surface area contributed by atoms with E-state index in [1.54, 1.807) is 0 Å². The average molecular weight is 689 g/mol. The molecular weight excluding hydrogens is 637 g/mol. The van der Waals surface area contributed by atoms with E-state index in [-0.39, 0.29) is 0 Å². The van der Waals surface area contributed by atoms with E-state index in [9.17, 15) is 0 Å². The lowest BCUT2D eigenvalue weighted by molar-refractivity contribution is 0.481. The third-order valence-electron chi connectivity index (χ3n) is 9.77. The Hall–Kier alpha value is -5.16. The molecule has 0 saturated heterocycles. The summed E-state index contributed by atoms with van der Waals surface area (Å²) in [6.07, 6.45) is 9.24. The van der Waals surface area contributed by atoms with Crippen LogP contribution in [0.2, 0.25) is 0 Å². The highest BCUT2D eigenvalue weighted by molar-refractivity contribution is 6.09. The maximum Gasteiger partial charge on any atom is 0.137 e. The van der Waals surface area contributed by atoms with Crippen LogP contribution in [0.1, 0.15) is 83.6 Å². The van der Waals surface area contributed by atoms with Crippen LogP contribution in [0.25, 0.3) is 44.4 Å². The normalized spacial score (nSPS) is 12.0. The van der Waals surface area contributed by atoms with Crippen molar-refractivity contribution in [2.24, 2.45) is 17.8 Å². The quantitative estimate of drug-likeness (QED) is 0.128. The maximum absolute atomic E-state index is 6.74. The van der Waals surface area contributed by atoms with Gasteiger partial charge in [0, 0.05) is 40.9 Å². The Morgan fingerprint density at radius 2 is 1.35 bits per heavy atom. The third kappa shape index (κ3) is 7.41. The number of para-hydroxylation sites is 1. The van der Waals surface area contributed by atoms with Gasteiger partial charge in [0.05, 0.1) is 22.9 Å². The van der Waals surface area contributed by atoms with Gasteiger partial charge in [0.2, 0.25) is 0 Å². The summed E-state index contributed by atoms with van der Waals surface area (Å²) < 4.78 is 11.0. The van der Waals surface area contributed by atoms with E-state index < -0.39 is 0 Å². The van der Waals surface area contributed by atoms with Crippen molar-refractivity contribution >= 4 is 21.8 Å². The molecule has 0 amide bonds. The summed E-state index contributed by atoms with van der Waals surface area (Å²) in [7, 11) is 0. The minimum Gasteiger partial charge on any atom is -0.457 e. The van der Waals surface area contributed by atoms with Crippen molar-refractivity contribution in [3.8, 4) is 34.1 Å². The van der Waals surface area contributed by atoms with Crippen LogP contribution in [0.15, 0.2) is 110 Å². The highest BCUT2D eigenvalue weighted by Crippen LogP contribution is 2.37. The molecule has 52 heavy (non-hydrogen) atoms. The molecule has 5 nitrogen and oxygen atoms in total. The monoisotopic (exact) mass is 688 g/mol. The van der Waals surface area contributed by atoms with Gasteiger partial charge in [-0.1, -0.05) is 91.8 Å². The van der Waals surface area contributed by atoms with Crippen molar-refractivity contribution in [2.45, 2.75) is 80.6 Å². The molecule has 0 aliphatic heterocycles. The second-order valence-corrected chi connectivity index (χ2v) is 16.0. The molecule has 7 aromatic rings. The Labute approximate surface area is 309 Å². The molecule has 0 N–H and O–H groups in total. The standard InChI is InChI=1S/C47H52N4O/c1-30(2)20-34-18-19-48-46(23-34)51-44-15-10-9-14-42(44)43-17-16-40(27-45(43)51)52-41-25-37(33(7)8)24-39(26-41)50-29-38(28-49-50)47-35(21-31(3)4)12-11-13-36(47)22-32(5)6/h9-19,23-33H,20-22H2,1-8H3. The first kappa shape index (κ1) is 35.3. The Bertz CT molecular complexity index is 2310. The predicted octanol–water partition coefficient (Wildman–Crippen LogP) is 12.5. The lowest BCUT2D eigenvalue weighted by Crippen LogP contribution is -2.03. The number of ether oxygens (including phenoxy) is 1. The van der Waals surface area contributed by atoms with E-state index in [1.165, 1.54) is 38.6 Å². The zero-order valence-corrected chi connectivity index (χ0v) is 32.0. The maximum atomic E-state index is 6.74. The molecule has 0 radical (unpaired) electrons. The van der Waals surface area contributed by atoms with Crippen molar-refractivity contribution in [1.82, 2.24) is 19.3 Å². The molecular formula is C47H52N4O. The zero-order chi connectivity index (χ0) is 36.5. The molecule has 0 saturated carbocycles. The molecule has 4 aromatic carbocycles. The van der Waals surface area contributed by atoms with Crippen molar-refractivity contribution in [1.29, 1.82) is 0 Å². The Balaban J connectivity index is 1.28. The van der Waals surface area contributed by atoms with Crippen LogP contribution in [0.4, 0.5) is 0 Å². The summed E-state index contributed by atoms with van der Waals surface area (Å²) in [6, 6.07) is 32.6. The van der Waals surface area contributed by atoms with Crippen LogP contribution in [-0.4, -0.2) is 19.3 Å². The van der Waals surface area contributed by atoms with Crippen LogP contribution < -0.4 is 4.74 Å². The van der Waals surface area contributed by atoms with Gasteiger partial charge in [0.1, 0.15) is 17.3 Å². The van der Waals surface area contributed by atoms with Crippen LogP contribution in [0.5, 0.6) is 11.5 Å². The molecule has 266 valence electrons. The van der Waals surface area contributed by atoms with Crippen LogP contribution in [-0.2, 0) is 19.3 Å². The summed E-state index contributed by atoms with van der Waals surface area (Å²) in [4.78, 5) is 4.85. The van der Waals surface area contributed by atoms with E-state index >= 15 is 0 Å². The Morgan fingerprint density at radius 1 is 0.635 bits per heavy atom. The molecule has 0 fully saturated rings. The van der Waals surface area contributed by atoms with Gasteiger partial charge in [-0.25, -0.2) is 9.67 Å². The van der Waals surface area contributed by atoms with Gasteiger partial charge < -0.3 is 4.74 Å². The van der Waals surface area contributed by atoms with Gasteiger partial charge in [-0.15, -0.1) is 0 Å². The zero-order valence-electron chi connectivity index (χ0n) is 32.0. The minimum atomic E-state index is 0.316. The fraction of sp³-hybridized carbons (Fsp3) is 0.319. The molecule has 0 bridgehead atoms. The smallest absolute Gasteiger partial charge is 0.137 e. The number of pyridine rings is 1. The SMILES string of the molecule is CC(C)Cc1ccnc(-n2c3ccccc3c3ccc(Oc4cc(C(C)C)cc(-n5cc(-c6c(CC(C)C)cccc6CC(C)C)cn5)c4)cc32)c1. The summed E-state index contributed by atoms with van der Waals surface area (Å²) >= 11 is 0. The molecule has 0 spiro atoms. The topological polar surface area (TPSA) is 44.9 Å². The summed E-state index contributed by atoms with van der Waals surface area (Å²) in [5.74, 6) is 4.51. The fourth-order valence-corrected chi connectivity index (χ4v) is 7.55. The van der Waals surface area contributed by atoms with Gasteiger partial charge in [0.25, 0.3) is 0 Å². The Kier molecular flexibility index (Phi) is 10.1. The van der Waals surface area contributed by atoms with E-state index in [2.05, 4.69) is 157 Å². The molecule has 0 unspecified atom stereocenters. The number of hydrogen-bond donors (Lipinski definition) is 0. The number of fused-ring (bicyclic) bond motifs is 3. The van der Waals surface area contributed by atoms with Gasteiger partial charge in [-0.3, -0.25) is 4.57 Å². The van der Waals surface area contributed by atoms with Crippen molar-refractivity contribution < 1.29 is 4.74 Å². The molecule has 7 rings (SSSR count). The van der Waals surface area contributed by atoms with Crippen LogP contribution in [0.3, 0.4) is 0 Å². The molecule has 3 aromatic heterocycles. The third-order valence-corrected chi connectivity index (χ3v) is 9.77. The lowest BCUT2D eigenvalue weighted by Gasteiger charge is -2.17. The van der Waals surface area contributed by atoms with Gasteiger partial charge in [-0.05, 0) is 113 Å². The Morgan fingerprint density at radius 3 is 2.06 bits per heavy atom. The highest BCUT2D eigenvalue weighted by Gasteiger charge is 2.18. The average Bonchev–Trinajstić information content (AvgIpc) is 3.71. The largest absolute Gasteiger partial charge is 0.457 e. The van der Waals surface area contributed by atoms with Crippen molar-refractivity contribution in [3.63, 3.8) is 0 Å². The second kappa shape index (κ2) is 14.8. The number of rotatable bonds is 12. The number of aromatic nitrogens is 4.